The van der Waals surface area contributed by atoms with Crippen LogP contribution in [0.5, 0.6) is 0 Å². The van der Waals surface area contributed by atoms with Crippen LogP contribution in [0.1, 0.15) is 23.9 Å². The van der Waals surface area contributed by atoms with Gasteiger partial charge in [0.1, 0.15) is 23.3 Å². The van der Waals surface area contributed by atoms with Crippen LogP contribution >= 0.6 is 11.3 Å². The number of hydrogen-bond acceptors (Lipinski definition) is 5. The molecule has 0 amide bonds. The summed E-state index contributed by atoms with van der Waals surface area (Å²) in [6.45, 7) is 2.76. The first-order valence-corrected chi connectivity index (χ1v) is 5.63. The van der Waals surface area contributed by atoms with Gasteiger partial charge in [-0.05, 0) is 6.92 Å². The number of rotatable bonds is 4. The molecule has 2 aromatic heterocycles. The lowest BCUT2D eigenvalue weighted by molar-refractivity contribution is 0.173. The Hall–Kier alpha value is -1.27. The Labute approximate surface area is 91.4 Å². The molecule has 6 heteroatoms. The molecule has 0 saturated carbocycles. The van der Waals surface area contributed by atoms with E-state index in [0.29, 0.717) is 6.42 Å². The van der Waals surface area contributed by atoms with Gasteiger partial charge in [-0.3, -0.25) is 4.68 Å². The number of aromatic nitrogens is 4. The van der Waals surface area contributed by atoms with E-state index in [9.17, 15) is 5.11 Å². The minimum atomic E-state index is -0.584. The summed E-state index contributed by atoms with van der Waals surface area (Å²) in [6, 6.07) is 0. The molecule has 1 atom stereocenters. The van der Waals surface area contributed by atoms with Gasteiger partial charge in [0.05, 0.1) is 0 Å². The smallest absolute Gasteiger partial charge is 0.138 e. The first-order chi connectivity index (χ1) is 7.31. The molecule has 0 saturated heterocycles. The van der Waals surface area contributed by atoms with Gasteiger partial charge in [0.15, 0.2) is 0 Å². The Balaban J connectivity index is 2.09. The highest BCUT2D eigenvalue weighted by molar-refractivity contribution is 7.09. The van der Waals surface area contributed by atoms with E-state index < -0.39 is 6.10 Å². The predicted octanol–water partition coefficient (Wildman–Crippen LogP) is 1.03. The lowest BCUT2D eigenvalue weighted by Crippen LogP contribution is -2.09. The molecule has 0 spiro atoms. The maximum atomic E-state index is 9.87. The molecule has 5 nitrogen and oxygen atoms in total. The van der Waals surface area contributed by atoms with Gasteiger partial charge in [-0.15, -0.1) is 11.3 Å². The van der Waals surface area contributed by atoms with Crippen LogP contribution in [0.2, 0.25) is 0 Å². The molecule has 0 radical (unpaired) electrons. The fourth-order valence-corrected chi connectivity index (χ4v) is 1.99. The third kappa shape index (κ3) is 2.21. The molecule has 0 bridgehead atoms. The standard InChI is InChI=1S/C9H12N4OS/c1-2-13-8(11-6-12-13)5-7(14)9-10-3-4-15-9/h3-4,6-7,14H,2,5H2,1H3. The van der Waals surface area contributed by atoms with Crippen molar-refractivity contribution >= 4 is 11.3 Å². The van der Waals surface area contributed by atoms with Crippen molar-refractivity contribution in [3.8, 4) is 0 Å². The number of nitrogens with zero attached hydrogens (tertiary/aromatic N) is 4. The largest absolute Gasteiger partial charge is 0.385 e. The monoisotopic (exact) mass is 224 g/mol. The number of thiazole rings is 1. The predicted molar refractivity (Wildman–Crippen MR) is 56.5 cm³/mol. The van der Waals surface area contributed by atoms with Crippen molar-refractivity contribution in [3.63, 3.8) is 0 Å². The zero-order chi connectivity index (χ0) is 10.7. The summed E-state index contributed by atoms with van der Waals surface area (Å²) in [4.78, 5) is 8.17. The van der Waals surface area contributed by atoms with E-state index in [2.05, 4.69) is 15.1 Å². The van der Waals surface area contributed by atoms with Crippen molar-refractivity contribution in [1.82, 2.24) is 19.7 Å². The fourth-order valence-electron chi connectivity index (χ4n) is 1.37. The normalized spacial score (nSPS) is 12.9. The molecule has 0 aliphatic heterocycles. The lowest BCUT2D eigenvalue weighted by Gasteiger charge is -2.07. The maximum Gasteiger partial charge on any atom is 0.138 e. The topological polar surface area (TPSA) is 63.8 Å². The van der Waals surface area contributed by atoms with E-state index in [1.165, 1.54) is 17.7 Å². The van der Waals surface area contributed by atoms with Crippen molar-refractivity contribution in [2.45, 2.75) is 26.0 Å². The zero-order valence-electron chi connectivity index (χ0n) is 8.37. The highest BCUT2D eigenvalue weighted by atomic mass is 32.1. The Kier molecular flexibility index (Phi) is 3.08. The van der Waals surface area contributed by atoms with Crippen LogP contribution in [-0.2, 0) is 13.0 Å². The van der Waals surface area contributed by atoms with E-state index in [4.69, 9.17) is 0 Å². The molecule has 0 fully saturated rings. The molecular formula is C9H12N4OS. The average Bonchev–Trinajstić information content (AvgIpc) is 2.87. The van der Waals surface area contributed by atoms with Crippen LogP contribution in [0.4, 0.5) is 0 Å². The molecule has 1 N–H and O–H groups in total. The molecule has 80 valence electrons. The van der Waals surface area contributed by atoms with Crippen molar-refractivity contribution in [2.75, 3.05) is 0 Å². The Morgan fingerprint density at radius 1 is 1.53 bits per heavy atom. The fraction of sp³-hybridized carbons (Fsp3) is 0.444. The molecule has 2 aromatic rings. The van der Waals surface area contributed by atoms with Crippen molar-refractivity contribution < 1.29 is 5.11 Å². The van der Waals surface area contributed by atoms with E-state index in [1.54, 1.807) is 10.9 Å². The summed E-state index contributed by atoms with van der Waals surface area (Å²) in [5.74, 6) is 0.792. The number of aryl methyl sites for hydroxylation is 1. The molecule has 2 heterocycles. The summed E-state index contributed by atoms with van der Waals surface area (Å²) in [5.41, 5.74) is 0. The lowest BCUT2D eigenvalue weighted by atomic mass is 10.2. The average molecular weight is 224 g/mol. The third-order valence-electron chi connectivity index (χ3n) is 2.11. The van der Waals surface area contributed by atoms with Gasteiger partial charge in [0, 0.05) is 24.5 Å². The van der Waals surface area contributed by atoms with E-state index in [0.717, 1.165) is 17.4 Å². The van der Waals surface area contributed by atoms with Crippen LogP contribution in [-0.4, -0.2) is 24.9 Å². The summed E-state index contributed by atoms with van der Waals surface area (Å²) in [5, 5.41) is 16.5. The second kappa shape index (κ2) is 4.50. The molecule has 1 unspecified atom stereocenters. The van der Waals surface area contributed by atoms with E-state index in [-0.39, 0.29) is 0 Å². The van der Waals surface area contributed by atoms with Crippen molar-refractivity contribution in [1.29, 1.82) is 0 Å². The highest BCUT2D eigenvalue weighted by Gasteiger charge is 2.14. The quantitative estimate of drug-likeness (QED) is 0.842. The molecule has 2 rings (SSSR count). The second-order valence-corrected chi connectivity index (χ2v) is 4.01. The summed E-state index contributed by atoms with van der Waals surface area (Å²) in [6.07, 6.45) is 3.07. The van der Waals surface area contributed by atoms with Gasteiger partial charge < -0.3 is 5.11 Å². The molecule has 0 aliphatic carbocycles. The molecule has 0 aromatic carbocycles. The molecule has 0 aliphatic rings. The minimum absolute atomic E-state index is 0.460. The van der Waals surface area contributed by atoms with Gasteiger partial charge in [-0.1, -0.05) is 0 Å². The van der Waals surface area contributed by atoms with Gasteiger partial charge in [-0.2, -0.15) is 5.10 Å². The molecule has 15 heavy (non-hydrogen) atoms. The first kappa shape index (κ1) is 10.3. The van der Waals surface area contributed by atoms with Crippen LogP contribution < -0.4 is 0 Å². The van der Waals surface area contributed by atoms with Crippen LogP contribution in [0, 0.1) is 0 Å². The van der Waals surface area contributed by atoms with Gasteiger partial charge >= 0.3 is 0 Å². The van der Waals surface area contributed by atoms with Crippen molar-refractivity contribution in [2.24, 2.45) is 0 Å². The number of aliphatic hydroxyl groups excluding tert-OH is 1. The van der Waals surface area contributed by atoms with Gasteiger partial charge in [-0.25, -0.2) is 9.97 Å². The second-order valence-electron chi connectivity index (χ2n) is 3.08. The highest BCUT2D eigenvalue weighted by Crippen LogP contribution is 2.18. The van der Waals surface area contributed by atoms with E-state index in [1.807, 2.05) is 12.3 Å². The zero-order valence-corrected chi connectivity index (χ0v) is 9.18. The van der Waals surface area contributed by atoms with E-state index >= 15 is 0 Å². The van der Waals surface area contributed by atoms with Gasteiger partial charge in [0.25, 0.3) is 0 Å². The van der Waals surface area contributed by atoms with Crippen LogP contribution in [0.15, 0.2) is 17.9 Å². The minimum Gasteiger partial charge on any atom is -0.385 e. The number of hydrogen-bond donors (Lipinski definition) is 1. The molecular weight excluding hydrogens is 212 g/mol. The Morgan fingerprint density at radius 3 is 3.07 bits per heavy atom. The number of aliphatic hydroxyl groups is 1. The first-order valence-electron chi connectivity index (χ1n) is 4.75. The Morgan fingerprint density at radius 2 is 2.40 bits per heavy atom. The SMILES string of the molecule is CCn1ncnc1CC(O)c1nccs1. The summed E-state index contributed by atoms with van der Waals surface area (Å²) >= 11 is 1.45. The third-order valence-corrected chi connectivity index (χ3v) is 2.98. The summed E-state index contributed by atoms with van der Waals surface area (Å²) < 4.78 is 1.77. The van der Waals surface area contributed by atoms with Crippen LogP contribution in [0.3, 0.4) is 0 Å². The van der Waals surface area contributed by atoms with Crippen molar-refractivity contribution in [3.05, 3.63) is 28.7 Å². The Bertz CT molecular complexity index is 411. The maximum absolute atomic E-state index is 9.87. The summed E-state index contributed by atoms with van der Waals surface area (Å²) in [7, 11) is 0. The van der Waals surface area contributed by atoms with Crippen LogP contribution in [0.25, 0.3) is 0 Å². The van der Waals surface area contributed by atoms with Gasteiger partial charge in [0.2, 0.25) is 0 Å².